The highest BCUT2D eigenvalue weighted by molar-refractivity contribution is 5.22. The van der Waals surface area contributed by atoms with E-state index in [1.54, 1.807) is 0 Å². The SMILES string of the molecule is C=C(NC)NCCCC(=C)C(=C)C. The summed E-state index contributed by atoms with van der Waals surface area (Å²) in [6.45, 7) is 14.4. The smallest absolute Gasteiger partial charge is 0.0909 e. The van der Waals surface area contributed by atoms with Crippen molar-refractivity contribution >= 4 is 0 Å². The standard InChI is InChI=1S/C11H20N2/c1-9(2)10(3)7-6-8-13-11(4)12-5/h12-13H,1,3-4,6-8H2,2,5H3. The Kier molecular flexibility index (Phi) is 5.77. The van der Waals surface area contributed by atoms with Crippen LogP contribution in [0.1, 0.15) is 19.8 Å². The predicted octanol–water partition coefficient (Wildman–Crippen LogP) is 2.18. The van der Waals surface area contributed by atoms with Crippen molar-refractivity contribution in [2.45, 2.75) is 19.8 Å². The molecule has 0 aromatic heterocycles. The molecule has 0 saturated carbocycles. The molecule has 0 aliphatic rings. The Bertz CT molecular complexity index is 204. The molecule has 0 unspecified atom stereocenters. The first-order valence-corrected chi connectivity index (χ1v) is 4.52. The van der Waals surface area contributed by atoms with E-state index in [1.807, 2.05) is 14.0 Å². The van der Waals surface area contributed by atoms with Crippen molar-refractivity contribution in [1.82, 2.24) is 10.6 Å². The Morgan fingerprint density at radius 3 is 2.31 bits per heavy atom. The lowest BCUT2D eigenvalue weighted by molar-refractivity contribution is 0.689. The molecule has 2 heteroatoms. The lowest BCUT2D eigenvalue weighted by atomic mass is 10.1. The minimum Gasteiger partial charge on any atom is -0.375 e. The highest BCUT2D eigenvalue weighted by atomic mass is 15.1. The van der Waals surface area contributed by atoms with E-state index in [0.717, 1.165) is 36.4 Å². The molecule has 13 heavy (non-hydrogen) atoms. The Hall–Kier alpha value is -1.18. The highest BCUT2D eigenvalue weighted by Crippen LogP contribution is 2.09. The minimum atomic E-state index is 0.862. The summed E-state index contributed by atoms with van der Waals surface area (Å²) in [5, 5.41) is 6.08. The van der Waals surface area contributed by atoms with Gasteiger partial charge in [-0.05, 0) is 19.8 Å². The second-order valence-electron chi connectivity index (χ2n) is 3.14. The second-order valence-corrected chi connectivity index (χ2v) is 3.14. The number of nitrogens with one attached hydrogen (secondary N) is 2. The van der Waals surface area contributed by atoms with Crippen molar-refractivity contribution in [3.63, 3.8) is 0 Å². The molecule has 74 valence electrons. The summed E-state index contributed by atoms with van der Waals surface area (Å²) in [7, 11) is 1.85. The van der Waals surface area contributed by atoms with Crippen molar-refractivity contribution in [2.75, 3.05) is 13.6 Å². The van der Waals surface area contributed by atoms with Gasteiger partial charge in [-0.25, -0.2) is 0 Å². The second kappa shape index (κ2) is 6.35. The van der Waals surface area contributed by atoms with Crippen LogP contribution in [0.3, 0.4) is 0 Å². The maximum Gasteiger partial charge on any atom is 0.0909 e. The summed E-state index contributed by atoms with van der Waals surface area (Å²) in [5.41, 5.74) is 2.21. The molecular formula is C11H20N2. The van der Waals surface area contributed by atoms with E-state index in [0.29, 0.717) is 0 Å². The van der Waals surface area contributed by atoms with Crippen LogP contribution in [-0.4, -0.2) is 13.6 Å². The van der Waals surface area contributed by atoms with Crippen LogP contribution >= 0.6 is 0 Å². The molecule has 0 aliphatic carbocycles. The average Bonchev–Trinajstić information content (AvgIpc) is 2.11. The first-order valence-electron chi connectivity index (χ1n) is 4.52. The van der Waals surface area contributed by atoms with Gasteiger partial charge in [-0.2, -0.15) is 0 Å². The van der Waals surface area contributed by atoms with Crippen LogP contribution in [0.4, 0.5) is 0 Å². The molecule has 0 saturated heterocycles. The van der Waals surface area contributed by atoms with Crippen LogP contribution in [-0.2, 0) is 0 Å². The Morgan fingerprint density at radius 1 is 1.23 bits per heavy atom. The maximum atomic E-state index is 3.93. The van der Waals surface area contributed by atoms with Gasteiger partial charge < -0.3 is 10.6 Å². The first-order chi connectivity index (χ1) is 6.07. The monoisotopic (exact) mass is 180 g/mol. The maximum absolute atomic E-state index is 3.93. The van der Waals surface area contributed by atoms with Crippen molar-refractivity contribution in [3.8, 4) is 0 Å². The van der Waals surface area contributed by atoms with Crippen LogP contribution < -0.4 is 10.6 Å². The minimum absolute atomic E-state index is 0.862. The lowest BCUT2D eigenvalue weighted by Gasteiger charge is -2.09. The molecule has 0 aliphatic heterocycles. The molecule has 0 aromatic rings. The summed E-state index contributed by atoms with van der Waals surface area (Å²) in [6, 6.07) is 0. The number of allylic oxidation sites excluding steroid dienone is 2. The normalized spacial score (nSPS) is 9.08. The Balaban J connectivity index is 3.41. The zero-order chi connectivity index (χ0) is 10.3. The average molecular weight is 180 g/mol. The third-order valence-electron chi connectivity index (χ3n) is 1.90. The van der Waals surface area contributed by atoms with E-state index in [4.69, 9.17) is 0 Å². The van der Waals surface area contributed by atoms with Gasteiger partial charge in [-0.3, -0.25) is 0 Å². The van der Waals surface area contributed by atoms with Crippen LogP contribution in [0.25, 0.3) is 0 Å². The molecule has 0 radical (unpaired) electrons. The molecule has 0 rings (SSSR count). The van der Waals surface area contributed by atoms with Gasteiger partial charge in [-0.1, -0.05) is 30.9 Å². The summed E-state index contributed by atoms with van der Waals surface area (Å²) in [6.07, 6.45) is 2.06. The third-order valence-corrected chi connectivity index (χ3v) is 1.90. The summed E-state index contributed by atoms with van der Waals surface area (Å²) < 4.78 is 0. The van der Waals surface area contributed by atoms with E-state index in [-0.39, 0.29) is 0 Å². The van der Waals surface area contributed by atoms with Gasteiger partial charge in [0, 0.05) is 13.6 Å². The Morgan fingerprint density at radius 2 is 1.85 bits per heavy atom. The molecular weight excluding hydrogens is 160 g/mol. The van der Waals surface area contributed by atoms with Crippen molar-refractivity contribution in [1.29, 1.82) is 0 Å². The van der Waals surface area contributed by atoms with E-state index in [2.05, 4.69) is 30.4 Å². The summed E-state index contributed by atoms with van der Waals surface area (Å²) >= 11 is 0. The molecule has 0 heterocycles. The van der Waals surface area contributed by atoms with Crippen molar-refractivity contribution < 1.29 is 0 Å². The van der Waals surface area contributed by atoms with Gasteiger partial charge >= 0.3 is 0 Å². The van der Waals surface area contributed by atoms with Gasteiger partial charge in [0.2, 0.25) is 0 Å². The third kappa shape index (κ3) is 6.02. The van der Waals surface area contributed by atoms with Crippen LogP contribution in [0, 0.1) is 0 Å². The lowest BCUT2D eigenvalue weighted by Crippen LogP contribution is -2.23. The quantitative estimate of drug-likeness (QED) is 0.463. The predicted molar refractivity (Wildman–Crippen MR) is 59.4 cm³/mol. The number of hydrogen-bond donors (Lipinski definition) is 2. The van der Waals surface area contributed by atoms with E-state index in [1.165, 1.54) is 0 Å². The molecule has 0 aromatic carbocycles. The van der Waals surface area contributed by atoms with Gasteiger partial charge in [-0.15, -0.1) is 0 Å². The zero-order valence-corrected chi connectivity index (χ0v) is 8.74. The van der Waals surface area contributed by atoms with Crippen molar-refractivity contribution in [2.24, 2.45) is 0 Å². The molecule has 0 spiro atoms. The molecule has 0 fully saturated rings. The highest BCUT2D eigenvalue weighted by Gasteiger charge is 1.94. The number of rotatable bonds is 7. The van der Waals surface area contributed by atoms with Crippen LogP contribution in [0.15, 0.2) is 36.7 Å². The molecule has 2 N–H and O–H groups in total. The van der Waals surface area contributed by atoms with Gasteiger partial charge in [0.15, 0.2) is 0 Å². The zero-order valence-electron chi connectivity index (χ0n) is 8.74. The van der Waals surface area contributed by atoms with E-state index < -0.39 is 0 Å². The number of hydrogen-bond acceptors (Lipinski definition) is 2. The van der Waals surface area contributed by atoms with Crippen LogP contribution in [0.5, 0.6) is 0 Å². The molecule has 2 nitrogen and oxygen atoms in total. The van der Waals surface area contributed by atoms with Gasteiger partial charge in [0.05, 0.1) is 5.82 Å². The fraction of sp³-hybridized carbons (Fsp3) is 0.455. The molecule has 0 atom stereocenters. The summed E-state index contributed by atoms with van der Waals surface area (Å²) in [4.78, 5) is 0. The van der Waals surface area contributed by atoms with E-state index in [9.17, 15) is 0 Å². The van der Waals surface area contributed by atoms with Crippen molar-refractivity contribution in [3.05, 3.63) is 36.7 Å². The Labute approximate surface area is 81.4 Å². The molecule has 0 amide bonds. The largest absolute Gasteiger partial charge is 0.375 e. The first kappa shape index (κ1) is 11.8. The topological polar surface area (TPSA) is 24.1 Å². The van der Waals surface area contributed by atoms with Gasteiger partial charge in [0.1, 0.15) is 0 Å². The molecule has 0 bridgehead atoms. The summed E-state index contributed by atoms with van der Waals surface area (Å²) in [5.74, 6) is 0.862. The van der Waals surface area contributed by atoms with Crippen LogP contribution in [0.2, 0.25) is 0 Å². The fourth-order valence-electron chi connectivity index (χ4n) is 0.843. The van der Waals surface area contributed by atoms with Gasteiger partial charge in [0.25, 0.3) is 0 Å². The van der Waals surface area contributed by atoms with E-state index >= 15 is 0 Å². The fourth-order valence-corrected chi connectivity index (χ4v) is 0.843.